The third kappa shape index (κ3) is 5.26. The van der Waals surface area contributed by atoms with Crippen molar-refractivity contribution in [2.45, 2.75) is 19.3 Å². The number of nitrogens with zero attached hydrogens (tertiary/aromatic N) is 2. The van der Waals surface area contributed by atoms with Crippen molar-refractivity contribution in [1.82, 2.24) is 4.57 Å². The van der Waals surface area contributed by atoms with Crippen LogP contribution in [0.5, 0.6) is 0 Å². The largest absolute Gasteiger partial charge is 0.456 e. The molecule has 14 rings (SSSR count). The minimum atomic E-state index is -0.162. The highest BCUT2D eigenvalue weighted by Gasteiger charge is 2.36. The summed E-state index contributed by atoms with van der Waals surface area (Å²) in [5.74, 6) is 0. The molecule has 3 heteroatoms. The van der Waals surface area contributed by atoms with E-state index >= 15 is 0 Å². The van der Waals surface area contributed by atoms with E-state index in [1.54, 1.807) is 0 Å². The van der Waals surface area contributed by atoms with Crippen LogP contribution < -0.4 is 4.90 Å². The zero-order chi connectivity index (χ0) is 43.7. The zero-order valence-electron chi connectivity index (χ0n) is 36.6. The maximum absolute atomic E-state index is 6.70. The van der Waals surface area contributed by atoms with Gasteiger partial charge in [0.1, 0.15) is 11.2 Å². The van der Waals surface area contributed by atoms with E-state index in [9.17, 15) is 0 Å². The van der Waals surface area contributed by atoms with Gasteiger partial charge in [0.25, 0.3) is 0 Å². The fraction of sp³-hybridized carbons (Fsp3) is 0.0476. The van der Waals surface area contributed by atoms with E-state index < -0.39 is 0 Å². The van der Waals surface area contributed by atoms with Crippen molar-refractivity contribution in [2.24, 2.45) is 0 Å². The third-order valence-corrected chi connectivity index (χ3v) is 14.5. The number of rotatable bonds is 6. The second-order valence-corrected chi connectivity index (χ2v) is 18.4. The van der Waals surface area contributed by atoms with Gasteiger partial charge in [-0.3, -0.25) is 0 Å². The number of aromatic nitrogens is 1. The molecule has 2 aromatic heterocycles. The van der Waals surface area contributed by atoms with E-state index in [-0.39, 0.29) is 5.41 Å². The summed E-state index contributed by atoms with van der Waals surface area (Å²) in [7, 11) is 0. The lowest BCUT2D eigenvalue weighted by Crippen LogP contribution is -2.16. The van der Waals surface area contributed by atoms with Gasteiger partial charge in [-0.1, -0.05) is 153 Å². The maximum Gasteiger partial charge on any atom is 0.136 e. The SMILES string of the molecule is CC1(C)c2ccccc2-c2ccc(N(c3ccc(-c4ccc5c(c4)c4ccccc4n5-c4ccccc4)cc3)c3ccc4oc5cccc6c7ccc(-c8ccccc8)cc7c3c4c56)cc21. The Balaban J connectivity index is 0.996. The minimum Gasteiger partial charge on any atom is -0.456 e. The summed E-state index contributed by atoms with van der Waals surface area (Å²) in [6.45, 7) is 4.73. The lowest BCUT2D eigenvalue weighted by atomic mass is 9.82. The topological polar surface area (TPSA) is 21.3 Å². The molecule has 0 spiro atoms. The second kappa shape index (κ2) is 13.8. The molecule has 0 fully saturated rings. The number of hydrogen-bond donors (Lipinski definition) is 0. The average Bonchev–Trinajstić information content (AvgIpc) is 4.00. The molecule has 13 aromatic rings. The van der Waals surface area contributed by atoms with Gasteiger partial charge in [-0.15, -0.1) is 0 Å². The van der Waals surface area contributed by atoms with Crippen LogP contribution in [0, 0.1) is 0 Å². The van der Waals surface area contributed by atoms with Crippen LogP contribution in [0.4, 0.5) is 17.1 Å². The van der Waals surface area contributed by atoms with Crippen molar-refractivity contribution in [3.8, 4) is 39.1 Å². The van der Waals surface area contributed by atoms with Gasteiger partial charge in [-0.05, 0) is 140 Å². The molecule has 0 radical (unpaired) electrons. The normalized spacial score (nSPS) is 13.1. The molecule has 66 heavy (non-hydrogen) atoms. The highest BCUT2D eigenvalue weighted by Crippen LogP contribution is 2.53. The Morgan fingerprint density at radius 3 is 1.86 bits per heavy atom. The summed E-state index contributed by atoms with van der Waals surface area (Å²) in [6.07, 6.45) is 0. The Bertz CT molecular complexity index is 4060. The predicted octanol–water partition coefficient (Wildman–Crippen LogP) is 17.5. The van der Waals surface area contributed by atoms with E-state index in [0.717, 1.165) is 39.3 Å². The average molecular weight is 843 g/mol. The van der Waals surface area contributed by atoms with Gasteiger partial charge in [0.2, 0.25) is 0 Å². The molecule has 0 saturated carbocycles. The number of hydrogen-bond acceptors (Lipinski definition) is 2. The first-order valence-corrected chi connectivity index (χ1v) is 22.9. The summed E-state index contributed by atoms with van der Waals surface area (Å²) in [6, 6.07) is 80.2. The van der Waals surface area contributed by atoms with Gasteiger partial charge in [-0.2, -0.15) is 0 Å². The molecule has 3 nitrogen and oxygen atoms in total. The Morgan fingerprint density at radius 1 is 0.379 bits per heavy atom. The lowest BCUT2D eigenvalue weighted by molar-refractivity contribution is 0.660. The molecule has 11 aromatic carbocycles. The Morgan fingerprint density at radius 2 is 1.02 bits per heavy atom. The monoisotopic (exact) mass is 842 g/mol. The van der Waals surface area contributed by atoms with Gasteiger partial charge in [0.05, 0.1) is 16.7 Å². The first-order valence-electron chi connectivity index (χ1n) is 22.9. The van der Waals surface area contributed by atoms with Crippen LogP contribution in [0.15, 0.2) is 223 Å². The van der Waals surface area contributed by atoms with Crippen molar-refractivity contribution in [1.29, 1.82) is 0 Å². The van der Waals surface area contributed by atoms with Gasteiger partial charge >= 0.3 is 0 Å². The van der Waals surface area contributed by atoms with Crippen molar-refractivity contribution >= 4 is 82.4 Å². The van der Waals surface area contributed by atoms with Crippen molar-refractivity contribution in [2.75, 3.05) is 4.90 Å². The van der Waals surface area contributed by atoms with E-state index in [0.29, 0.717) is 0 Å². The Labute approximate surface area is 382 Å². The number of benzene rings is 11. The number of fused-ring (bicyclic) bond motifs is 9. The maximum atomic E-state index is 6.70. The zero-order valence-corrected chi connectivity index (χ0v) is 36.6. The number of para-hydroxylation sites is 2. The molecule has 0 saturated heterocycles. The van der Waals surface area contributed by atoms with Crippen LogP contribution in [0.3, 0.4) is 0 Å². The summed E-state index contributed by atoms with van der Waals surface area (Å²) in [5, 5.41) is 9.64. The molecule has 0 aliphatic heterocycles. The van der Waals surface area contributed by atoms with Crippen molar-refractivity contribution in [3.05, 3.63) is 230 Å². The Kier molecular flexibility index (Phi) is 7.74. The van der Waals surface area contributed by atoms with Crippen LogP contribution in [0.1, 0.15) is 25.0 Å². The molecule has 1 aliphatic rings. The fourth-order valence-corrected chi connectivity index (χ4v) is 11.4. The molecule has 0 unspecified atom stereocenters. The smallest absolute Gasteiger partial charge is 0.136 e. The van der Waals surface area contributed by atoms with Gasteiger partial charge in [0, 0.05) is 49.4 Å². The first kappa shape index (κ1) is 37.0. The van der Waals surface area contributed by atoms with E-state index in [1.807, 2.05) is 0 Å². The molecular formula is C63H42N2O. The van der Waals surface area contributed by atoms with Gasteiger partial charge in [-0.25, -0.2) is 0 Å². The second-order valence-electron chi connectivity index (χ2n) is 18.4. The van der Waals surface area contributed by atoms with Crippen molar-refractivity contribution < 1.29 is 4.42 Å². The molecule has 2 heterocycles. The standard InChI is InChI=1S/C63H42N2O/c1-63(2)53-21-11-9-18-47(53)48-32-30-45(38-54(48)63)64(44-28-24-40(25-29-44)42-27-33-56-51(36-42)49-19-10-12-22-55(49)65(56)43-16-7-4-8-17-43)57-34-35-59-62-60(57)52-37-41(39-14-5-3-6-15-39)26-31-46(52)50-20-13-23-58(66-59)61(50)62/h3-38H,1-2H3. The molecule has 310 valence electrons. The van der Waals surface area contributed by atoms with Crippen LogP contribution >= 0.6 is 0 Å². The van der Waals surface area contributed by atoms with Crippen LogP contribution in [-0.4, -0.2) is 4.57 Å². The quantitative estimate of drug-likeness (QED) is 0.156. The van der Waals surface area contributed by atoms with E-state index in [2.05, 4.69) is 242 Å². The van der Waals surface area contributed by atoms with Crippen LogP contribution in [0.25, 0.3) is 104 Å². The van der Waals surface area contributed by atoms with E-state index in [1.165, 1.54) is 93.2 Å². The summed E-state index contributed by atoms with van der Waals surface area (Å²) in [4.78, 5) is 2.49. The van der Waals surface area contributed by atoms with Crippen LogP contribution in [-0.2, 0) is 5.41 Å². The van der Waals surface area contributed by atoms with Crippen molar-refractivity contribution in [3.63, 3.8) is 0 Å². The highest BCUT2D eigenvalue weighted by atomic mass is 16.3. The molecule has 1 aliphatic carbocycles. The summed E-state index contributed by atoms with van der Waals surface area (Å²) in [5.41, 5.74) is 18.6. The molecule has 0 amide bonds. The van der Waals surface area contributed by atoms with Gasteiger partial charge in [0.15, 0.2) is 0 Å². The molecular weight excluding hydrogens is 801 g/mol. The first-order chi connectivity index (χ1) is 32.5. The number of anilines is 3. The third-order valence-electron chi connectivity index (χ3n) is 14.5. The predicted molar refractivity (Wildman–Crippen MR) is 277 cm³/mol. The summed E-state index contributed by atoms with van der Waals surface area (Å²) >= 11 is 0. The highest BCUT2D eigenvalue weighted by molar-refractivity contribution is 6.36. The molecule has 0 bridgehead atoms. The molecule has 0 N–H and O–H groups in total. The minimum absolute atomic E-state index is 0.162. The van der Waals surface area contributed by atoms with Gasteiger partial charge < -0.3 is 13.9 Å². The lowest BCUT2D eigenvalue weighted by Gasteiger charge is -2.29. The number of furan rings is 1. The van der Waals surface area contributed by atoms with Crippen LogP contribution in [0.2, 0.25) is 0 Å². The molecule has 0 atom stereocenters. The van der Waals surface area contributed by atoms with E-state index in [4.69, 9.17) is 4.42 Å². The Hall–Kier alpha value is -8.40. The fourth-order valence-electron chi connectivity index (χ4n) is 11.4. The summed E-state index contributed by atoms with van der Waals surface area (Å²) < 4.78 is 9.08.